The Hall–Kier alpha value is -2.89. The Morgan fingerprint density at radius 2 is 2.20 bits per heavy atom. The number of nitrogens with zero attached hydrogens (tertiary/aromatic N) is 3. The fraction of sp³-hybridized carbons (Fsp3) is 0.316. The number of carbonyl (C=O) groups is 1. The first-order valence-corrected chi connectivity index (χ1v) is 8.64. The molecule has 0 radical (unpaired) electrons. The average Bonchev–Trinajstić information content (AvgIpc) is 3.19. The summed E-state index contributed by atoms with van der Waals surface area (Å²) >= 11 is 0. The van der Waals surface area contributed by atoms with Crippen LogP contribution in [0.4, 0.5) is 5.82 Å². The Balaban J connectivity index is 1.87. The van der Waals surface area contributed by atoms with Gasteiger partial charge in [0, 0.05) is 41.2 Å². The quantitative estimate of drug-likeness (QED) is 0.768. The summed E-state index contributed by atoms with van der Waals surface area (Å²) in [6.07, 6.45) is 5.98. The molecule has 6 heteroatoms. The molecule has 0 bridgehead atoms. The maximum Gasteiger partial charge on any atom is 0.226 e. The minimum absolute atomic E-state index is 0.00337. The van der Waals surface area contributed by atoms with E-state index in [-0.39, 0.29) is 11.8 Å². The van der Waals surface area contributed by atoms with E-state index in [1.807, 2.05) is 18.3 Å². The van der Waals surface area contributed by atoms with Gasteiger partial charge in [-0.3, -0.25) is 14.9 Å². The number of fused-ring (bicyclic) bond motifs is 1. The molecule has 6 nitrogen and oxygen atoms in total. The fourth-order valence-electron chi connectivity index (χ4n) is 3.69. The molecule has 0 spiro atoms. The number of aromatic nitrogens is 4. The number of amides is 1. The Labute approximate surface area is 146 Å². The highest BCUT2D eigenvalue weighted by Crippen LogP contribution is 2.39. The molecule has 0 saturated heterocycles. The highest BCUT2D eigenvalue weighted by Gasteiger charge is 2.33. The Morgan fingerprint density at radius 3 is 2.96 bits per heavy atom. The van der Waals surface area contributed by atoms with Crippen molar-refractivity contribution in [3.05, 3.63) is 59.3 Å². The first kappa shape index (κ1) is 15.6. The van der Waals surface area contributed by atoms with Crippen LogP contribution >= 0.6 is 0 Å². The predicted molar refractivity (Wildman–Crippen MR) is 96.0 cm³/mol. The van der Waals surface area contributed by atoms with Crippen LogP contribution in [0.3, 0.4) is 0 Å². The fourth-order valence-corrected chi connectivity index (χ4v) is 3.69. The van der Waals surface area contributed by atoms with E-state index in [0.29, 0.717) is 12.2 Å². The summed E-state index contributed by atoms with van der Waals surface area (Å²) in [7, 11) is 0. The molecule has 4 heterocycles. The van der Waals surface area contributed by atoms with Crippen molar-refractivity contribution in [1.82, 2.24) is 19.7 Å². The molecule has 1 aliphatic rings. The van der Waals surface area contributed by atoms with Crippen molar-refractivity contribution in [2.24, 2.45) is 0 Å². The third-order valence-electron chi connectivity index (χ3n) is 4.75. The minimum Gasteiger partial charge on any atom is -0.316 e. The summed E-state index contributed by atoms with van der Waals surface area (Å²) in [5.41, 5.74) is 5.45. The third-order valence-corrected chi connectivity index (χ3v) is 4.75. The zero-order chi connectivity index (χ0) is 17.4. The van der Waals surface area contributed by atoms with Crippen LogP contribution in [0.2, 0.25) is 0 Å². The molecule has 1 aliphatic heterocycles. The Bertz CT molecular complexity index is 909. The number of hydrogen-bond acceptors (Lipinski definition) is 3. The van der Waals surface area contributed by atoms with Gasteiger partial charge in [-0.2, -0.15) is 5.10 Å². The van der Waals surface area contributed by atoms with E-state index in [9.17, 15) is 4.79 Å². The van der Waals surface area contributed by atoms with E-state index >= 15 is 0 Å². The summed E-state index contributed by atoms with van der Waals surface area (Å²) in [6.45, 7) is 4.22. The average molecular weight is 335 g/mol. The number of H-pyrrole nitrogens is 1. The van der Waals surface area contributed by atoms with Crippen LogP contribution in [-0.4, -0.2) is 25.7 Å². The van der Waals surface area contributed by atoms with Gasteiger partial charge in [0.1, 0.15) is 0 Å². The zero-order valence-corrected chi connectivity index (χ0v) is 14.4. The lowest BCUT2D eigenvalue weighted by Gasteiger charge is -2.25. The van der Waals surface area contributed by atoms with Crippen molar-refractivity contribution in [3.63, 3.8) is 0 Å². The largest absolute Gasteiger partial charge is 0.316 e. The number of nitrogens with one attached hydrogen (secondary N) is 2. The summed E-state index contributed by atoms with van der Waals surface area (Å²) < 4.78 is 2.18. The molecule has 1 unspecified atom stereocenters. The molecular formula is C19H21N5O. The van der Waals surface area contributed by atoms with Gasteiger partial charge in [0.05, 0.1) is 11.9 Å². The summed E-state index contributed by atoms with van der Waals surface area (Å²) in [6, 6.07) is 8.17. The first-order chi connectivity index (χ1) is 12.2. The maximum absolute atomic E-state index is 12.2. The van der Waals surface area contributed by atoms with Gasteiger partial charge in [0.25, 0.3) is 0 Å². The van der Waals surface area contributed by atoms with Gasteiger partial charge in [-0.25, -0.2) is 0 Å². The van der Waals surface area contributed by atoms with Crippen molar-refractivity contribution in [2.75, 3.05) is 5.32 Å². The standard InChI is InChI=1S/C19H21N5O/c1-3-5-15-18-14(10-17(25)21-19(18)23-22-15)16-8-7-12(2)24(16)13-6-4-9-20-11-13/h4,6-9,11,14H,3,5,10H2,1-2H3,(H2,21,22,23,25). The van der Waals surface area contributed by atoms with Crippen LogP contribution in [0.25, 0.3) is 5.69 Å². The number of pyridine rings is 1. The van der Waals surface area contributed by atoms with E-state index in [1.165, 1.54) is 0 Å². The lowest BCUT2D eigenvalue weighted by molar-refractivity contribution is -0.116. The lowest BCUT2D eigenvalue weighted by atomic mass is 9.88. The number of anilines is 1. The molecule has 0 aromatic carbocycles. The topological polar surface area (TPSA) is 75.6 Å². The van der Waals surface area contributed by atoms with Crippen LogP contribution in [0.15, 0.2) is 36.7 Å². The second-order valence-electron chi connectivity index (χ2n) is 6.47. The second kappa shape index (κ2) is 6.20. The van der Waals surface area contributed by atoms with E-state index in [0.717, 1.165) is 41.2 Å². The molecule has 0 fully saturated rings. The van der Waals surface area contributed by atoms with Gasteiger partial charge in [0.2, 0.25) is 5.91 Å². The van der Waals surface area contributed by atoms with Crippen molar-refractivity contribution < 1.29 is 4.79 Å². The molecule has 128 valence electrons. The van der Waals surface area contributed by atoms with Gasteiger partial charge >= 0.3 is 0 Å². The summed E-state index contributed by atoms with van der Waals surface area (Å²) in [5.74, 6) is 0.655. The summed E-state index contributed by atoms with van der Waals surface area (Å²) in [4.78, 5) is 16.5. The Morgan fingerprint density at radius 1 is 1.32 bits per heavy atom. The molecule has 1 amide bonds. The molecule has 25 heavy (non-hydrogen) atoms. The molecule has 4 rings (SSSR count). The summed E-state index contributed by atoms with van der Waals surface area (Å²) in [5, 5.41) is 10.4. The monoisotopic (exact) mass is 335 g/mol. The van der Waals surface area contributed by atoms with E-state index in [1.54, 1.807) is 6.20 Å². The highest BCUT2D eigenvalue weighted by atomic mass is 16.1. The van der Waals surface area contributed by atoms with Gasteiger partial charge in [-0.1, -0.05) is 13.3 Å². The van der Waals surface area contributed by atoms with Gasteiger partial charge in [-0.05, 0) is 37.6 Å². The van der Waals surface area contributed by atoms with Crippen molar-refractivity contribution in [2.45, 2.75) is 39.0 Å². The number of carbonyl (C=O) groups excluding carboxylic acids is 1. The highest BCUT2D eigenvalue weighted by molar-refractivity contribution is 5.94. The zero-order valence-electron chi connectivity index (χ0n) is 14.4. The van der Waals surface area contributed by atoms with Crippen molar-refractivity contribution in [1.29, 1.82) is 0 Å². The molecule has 3 aromatic rings. The van der Waals surface area contributed by atoms with E-state index < -0.39 is 0 Å². The van der Waals surface area contributed by atoms with Crippen LogP contribution in [0.1, 0.15) is 48.3 Å². The molecule has 3 aromatic heterocycles. The minimum atomic E-state index is -0.0158. The van der Waals surface area contributed by atoms with Crippen LogP contribution in [0.5, 0.6) is 0 Å². The molecule has 0 saturated carbocycles. The molecule has 2 N–H and O–H groups in total. The van der Waals surface area contributed by atoms with Crippen molar-refractivity contribution >= 4 is 11.7 Å². The number of aryl methyl sites for hydroxylation is 2. The number of rotatable bonds is 4. The molecular weight excluding hydrogens is 314 g/mol. The van der Waals surface area contributed by atoms with Gasteiger partial charge < -0.3 is 9.88 Å². The van der Waals surface area contributed by atoms with Crippen LogP contribution in [0, 0.1) is 6.92 Å². The third kappa shape index (κ3) is 2.63. The molecule has 1 atom stereocenters. The van der Waals surface area contributed by atoms with Crippen LogP contribution < -0.4 is 5.32 Å². The smallest absolute Gasteiger partial charge is 0.226 e. The van der Waals surface area contributed by atoms with Crippen molar-refractivity contribution in [3.8, 4) is 5.69 Å². The maximum atomic E-state index is 12.2. The predicted octanol–water partition coefficient (Wildman–Crippen LogP) is 3.33. The van der Waals surface area contributed by atoms with Crippen LogP contribution in [-0.2, 0) is 11.2 Å². The van der Waals surface area contributed by atoms with E-state index in [4.69, 9.17) is 0 Å². The number of aromatic amines is 1. The molecule has 0 aliphatic carbocycles. The second-order valence-corrected chi connectivity index (χ2v) is 6.47. The SMILES string of the molecule is CCCc1[nH]nc2c1C(c1ccc(C)n1-c1cccnc1)CC(=O)N2. The number of hydrogen-bond donors (Lipinski definition) is 2. The normalized spacial score (nSPS) is 16.6. The van der Waals surface area contributed by atoms with E-state index in [2.05, 4.69) is 51.0 Å². The van der Waals surface area contributed by atoms with Gasteiger partial charge in [-0.15, -0.1) is 0 Å². The first-order valence-electron chi connectivity index (χ1n) is 8.64. The Kier molecular flexibility index (Phi) is 3.87. The van der Waals surface area contributed by atoms with Gasteiger partial charge in [0.15, 0.2) is 5.82 Å². The lowest BCUT2D eigenvalue weighted by Crippen LogP contribution is -2.25.